The monoisotopic (exact) mass is 1030 g/mol. The predicted molar refractivity (Wildman–Crippen MR) is 290 cm³/mol. The number of ether oxygens (including phenoxy) is 4. The highest BCUT2D eigenvalue weighted by Gasteiger charge is 2.51. The lowest BCUT2D eigenvalue weighted by Crippen LogP contribution is -2.65. The van der Waals surface area contributed by atoms with Crippen LogP contribution in [0.3, 0.4) is 0 Å². The van der Waals surface area contributed by atoms with Gasteiger partial charge in [0.05, 0.1) is 32.0 Å². The van der Waals surface area contributed by atoms with Crippen molar-refractivity contribution in [1.29, 1.82) is 0 Å². The number of aliphatic hydroxyl groups is 8. The maximum absolute atomic E-state index is 13.1. The number of carbonyl (C=O) groups is 1. The van der Waals surface area contributed by atoms with Gasteiger partial charge in [-0.3, -0.25) is 4.79 Å². The van der Waals surface area contributed by atoms with E-state index in [-0.39, 0.29) is 18.9 Å². The number of nitrogens with one attached hydrogen (secondary N) is 1. The van der Waals surface area contributed by atoms with Crippen LogP contribution in [-0.4, -0.2) is 140 Å². The Morgan fingerprint density at radius 2 is 0.945 bits per heavy atom. The minimum Gasteiger partial charge on any atom is -0.394 e. The van der Waals surface area contributed by atoms with Crippen LogP contribution < -0.4 is 5.32 Å². The fraction of sp³-hybridized carbons (Fsp3) is 0.780. The van der Waals surface area contributed by atoms with E-state index in [0.29, 0.717) is 6.42 Å². The standard InChI is InChI=1S/C59H103NO13/c1-3-5-7-9-11-12-13-14-15-16-17-18-19-20-21-22-23-24-25-26-27-28-29-30-31-32-33-34-35-36-37-39-41-43-51(64)60-47(48(63)42-40-38-10-8-6-4-2)46-70-58-56(69)54(67)57(50(45-62)72-58)73-59-55(68)53(66)52(65)49(44-61)71-59/h5,7,11-12,14-15,17-18,20-21,40,42,47-50,52-59,61-63,65-69H,3-4,6,8-10,13,16,19,22-39,41,43-46H2,1-2H3,(H,60,64)/b7-5-,12-11-,15-14-,18-17-,21-20-,42-40+. The molecule has 0 aromatic rings. The first kappa shape index (κ1) is 66.5. The van der Waals surface area contributed by atoms with Gasteiger partial charge in [0.1, 0.15) is 48.8 Å². The molecule has 2 rings (SSSR count). The van der Waals surface area contributed by atoms with Gasteiger partial charge in [-0.15, -0.1) is 0 Å². The van der Waals surface area contributed by atoms with Gasteiger partial charge in [0.2, 0.25) is 5.91 Å². The summed E-state index contributed by atoms with van der Waals surface area (Å²) in [5.41, 5.74) is 0. The Hall–Kier alpha value is -2.57. The van der Waals surface area contributed by atoms with Crippen molar-refractivity contribution in [3.8, 4) is 0 Å². The molecule has 12 unspecified atom stereocenters. The average Bonchev–Trinajstić information content (AvgIpc) is 3.39. The van der Waals surface area contributed by atoms with Crippen molar-refractivity contribution in [2.75, 3.05) is 19.8 Å². The summed E-state index contributed by atoms with van der Waals surface area (Å²) < 4.78 is 22.6. The molecule has 0 aromatic carbocycles. The quantitative estimate of drug-likeness (QED) is 0.0205. The molecule has 0 radical (unpaired) electrons. The molecule has 12 atom stereocenters. The van der Waals surface area contributed by atoms with Crippen molar-refractivity contribution >= 4 is 5.91 Å². The smallest absolute Gasteiger partial charge is 0.220 e. The summed E-state index contributed by atoms with van der Waals surface area (Å²) in [5.74, 6) is -0.247. The van der Waals surface area contributed by atoms with E-state index < -0.39 is 86.8 Å². The number of unbranched alkanes of at least 4 members (excludes halogenated alkanes) is 21. The van der Waals surface area contributed by atoms with Gasteiger partial charge in [-0.05, 0) is 64.2 Å². The predicted octanol–water partition coefficient (Wildman–Crippen LogP) is 9.16. The van der Waals surface area contributed by atoms with Gasteiger partial charge in [-0.25, -0.2) is 0 Å². The zero-order chi connectivity index (χ0) is 53.2. The molecule has 14 heteroatoms. The van der Waals surface area contributed by atoms with Gasteiger partial charge < -0.3 is 65.1 Å². The number of rotatable bonds is 44. The maximum atomic E-state index is 13.1. The third kappa shape index (κ3) is 30.7. The summed E-state index contributed by atoms with van der Waals surface area (Å²) in [6.45, 7) is 2.58. The Labute approximate surface area is 440 Å². The van der Waals surface area contributed by atoms with Crippen molar-refractivity contribution < 1.29 is 64.6 Å². The number of allylic oxidation sites excluding steroid dienone is 11. The lowest BCUT2D eigenvalue weighted by molar-refractivity contribution is -0.359. The number of hydrogen-bond acceptors (Lipinski definition) is 13. The van der Waals surface area contributed by atoms with Crippen LogP contribution in [0.15, 0.2) is 72.9 Å². The van der Waals surface area contributed by atoms with Crippen LogP contribution in [0.1, 0.15) is 200 Å². The highest BCUT2D eigenvalue weighted by atomic mass is 16.7. The van der Waals surface area contributed by atoms with E-state index in [4.69, 9.17) is 18.9 Å². The third-order valence-corrected chi connectivity index (χ3v) is 13.6. The van der Waals surface area contributed by atoms with E-state index in [0.717, 1.165) is 83.5 Å². The highest BCUT2D eigenvalue weighted by Crippen LogP contribution is 2.30. The molecule has 0 aliphatic carbocycles. The van der Waals surface area contributed by atoms with Gasteiger partial charge in [0.15, 0.2) is 12.6 Å². The fourth-order valence-electron chi connectivity index (χ4n) is 9.02. The van der Waals surface area contributed by atoms with E-state index in [1.807, 2.05) is 6.08 Å². The molecule has 2 aliphatic heterocycles. The lowest BCUT2D eigenvalue weighted by atomic mass is 9.97. The first-order valence-electron chi connectivity index (χ1n) is 28.7. The van der Waals surface area contributed by atoms with Crippen LogP contribution in [0, 0.1) is 0 Å². The zero-order valence-corrected chi connectivity index (χ0v) is 45.1. The van der Waals surface area contributed by atoms with Crippen LogP contribution in [0.2, 0.25) is 0 Å². The summed E-state index contributed by atoms with van der Waals surface area (Å²) >= 11 is 0. The van der Waals surface area contributed by atoms with E-state index in [1.54, 1.807) is 6.08 Å². The summed E-state index contributed by atoms with van der Waals surface area (Å²) in [7, 11) is 0. The SMILES string of the molecule is CC/C=C\C/C=C\C/C=C\C/C=C\C/C=C\CCCCCCCCCCCCCCCCCCCC(=O)NC(COC1OC(CO)C(OC2OC(CO)C(O)C(O)C2O)C(O)C1O)C(O)/C=C/CCCCCC. The molecule has 0 saturated carbocycles. The van der Waals surface area contributed by atoms with E-state index >= 15 is 0 Å². The van der Waals surface area contributed by atoms with Gasteiger partial charge >= 0.3 is 0 Å². The molecular formula is C59H103NO13. The highest BCUT2D eigenvalue weighted by molar-refractivity contribution is 5.76. The maximum Gasteiger partial charge on any atom is 0.220 e. The van der Waals surface area contributed by atoms with Crippen LogP contribution in [0.25, 0.3) is 0 Å². The summed E-state index contributed by atoms with van der Waals surface area (Å²) in [6, 6.07) is -0.912. The molecule has 0 bridgehead atoms. The topological polar surface area (TPSA) is 228 Å². The van der Waals surface area contributed by atoms with Crippen molar-refractivity contribution in [3.63, 3.8) is 0 Å². The van der Waals surface area contributed by atoms with Crippen molar-refractivity contribution in [3.05, 3.63) is 72.9 Å². The second kappa shape index (κ2) is 44.5. The van der Waals surface area contributed by atoms with Crippen LogP contribution in [0.5, 0.6) is 0 Å². The molecule has 2 heterocycles. The molecule has 0 spiro atoms. The first-order valence-corrected chi connectivity index (χ1v) is 28.7. The number of amides is 1. The number of carbonyl (C=O) groups excluding carboxylic acids is 1. The molecule has 2 aliphatic rings. The molecule has 73 heavy (non-hydrogen) atoms. The fourth-order valence-corrected chi connectivity index (χ4v) is 9.02. The summed E-state index contributed by atoms with van der Waals surface area (Å²) in [6.07, 6.45) is 41.6. The summed E-state index contributed by atoms with van der Waals surface area (Å²) in [4.78, 5) is 13.1. The van der Waals surface area contributed by atoms with Crippen LogP contribution >= 0.6 is 0 Å². The number of aliphatic hydroxyl groups excluding tert-OH is 8. The zero-order valence-electron chi connectivity index (χ0n) is 45.1. The normalized spacial score (nSPS) is 25.9. The Bertz CT molecular complexity index is 1500. The largest absolute Gasteiger partial charge is 0.394 e. The van der Waals surface area contributed by atoms with E-state index in [2.05, 4.69) is 79.9 Å². The van der Waals surface area contributed by atoms with Crippen LogP contribution in [-0.2, 0) is 23.7 Å². The molecule has 2 fully saturated rings. The Balaban J connectivity index is 1.57. The lowest BCUT2D eigenvalue weighted by Gasteiger charge is -2.46. The van der Waals surface area contributed by atoms with Crippen molar-refractivity contribution in [2.24, 2.45) is 0 Å². The Morgan fingerprint density at radius 3 is 1.45 bits per heavy atom. The molecule has 2 saturated heterocycles. The summed E-state index contributed by atoms with van der Waals surface area (Å²) in [5, 5.41) is 86.4. The van der Waals surface area contributed by atoms with E-state index in [9.17, 15) is 45.6 Å². The second-order valence-corrected chi connectivity index (χ2v) is 20.0. The van der Waals surface area contributed by atoms with Gasteiger partial charge in [-0.2, -0.15) is 0 Å². The Kier molecular flexibility index (Phi) is 40.6. The molecular weight excluding hydrogens is 931 g/mol. The minimum absolute atomic E-state index is 0.247. The van der Waals surface area contributed by atoms with Gasteiger partial charge in [-0.1, -0.05) is 202 Å². The minimum atomic E-state index is -1.79. The first-order chi connectivity index (χ1) is 35.6. The molecule has 14 nitrogen and oxygen atoms in total. The molecule has 0 aromatic heterocycles. The molecule has 422 valence electrons. The second-order valence-electron chi connectivity index (χ2n) is 20.0. The Morgan fingerprint density at radius 1 is 0.507 bits per heavy atom. The molecule has 9 N–H and O–H groups in total. The molecule has 1 amide bonds. The van der Waals surface area contributed by atoms with Gasteiger partial charge in [0.25, 0.3) is 0 Å². The average molecular weight is 1030 g/mol. The van der Waals surface area contributed by atoms with E-state index in [1.165, 1.54) is 89.9 Å². The third-order valence-electron chi connectivity index (χ3n) is 13.6. The number of hydrogen-bond donors (Lipinski definition) is 9. The van der Waals surface area contributed by atoms with Crippen molar-refractivity contribution in [2.45, 2.75) is 274 Å². The van der Waals surface area contributed by atoms with Gasteiger partial charge in [0, 0.05) is 6.42 Å². The van der Waals surface area contributed by atoms with Crippen LogP contribution in [0.4, 0.5) is 0 Å². The van der Waals surface area contributed by atoms with Crippen molar-refractivity contribution in [1.82, 2.24) is 5.32 Å².